The average Bonchev–Trinajstić information content (AvgIpc) is 3.07. The quantitative estimate of drug-likeness (QED) is 0.0722. The van der Waals surface area contributed by atoms with Gasteiger partial charge in [0.1, 0.15) is 0 Å². The minimum absolute atomic E-state index is 0.0419. The van der Waals surface area contributed by atoms with Crippen LogP contribution in [0.3, 0.4) is 0 Å². The summed E-state index contributed by atoms with van der Waals surface area (Å²) in [5.74, 6) is -1.49. The minimum Gasteiger partial charge on any atom is -0.381 e. The molecule has 222 valence electrons. The van der Waals surface area contributed by atoms with E-state index in [0.29, 0.717) is 32.7 Å². The van der Waals surface area contributed by atoms with E-state index in [9.17, 15) is 9.59 Å². The molecule has 0 fully saturated rings. The third-order valence-electron chi connectivity index (χ3n) is 6.19. The van der Waals surface area contributed by atoms with Gasteiger partial charge in [0.15, 0.2) is 0 Å². The summed E-state index contributed by atoms with van der Waals surface area (Å²) >= 11 is 0. The monoisotopic (exact) mass is 582 g/mol. The summed E-state index contributed by atoms with van der Waals surface area (Å²) in [4.78, 5) is 45.5. The molecule has 43 heavy (non-hydrogen) atoms. The fraction of sp³-hybridized carbons (Fsp3) is 0.200. The largest absolute Gasteiger partial charge is 0.381 e. The van der Waals surface area contributed by atoms with Gasteiger partial charge in [-0.3, -0.25) is 9.78 Å². The molecule has 4 rings (SSSR count). The topological polar surface area (TPSA) is 89.5 Å². The molecule has 0 aliphatic rings. The van der Waals surface area contributed by atoms with E-state index in [1.807, 2.05) is 84.9 Å². The fourth-order valence-corrected chi connectivity index (χ4v) is 3.95. The highest BCUT2D eigenvalue weighted by Crippen LogP contribution is 2.22. The molecule has 0 spiro atoms. The highest BCUT2D eigenvalue weighted by atomic mass is 17.3. The maximum Gasteiger partial charge on any atom is 0.373 e. The van der Waals surface area contributed by atoms with E-state index < -0.39 is 11.9 Å². The van der Waals surface area contributed by atoms with Crippen molar-refractivity contribution in [2.75, 3.05) is 26.4 Å². The summed E-state index contributed by atoms with van der Waals surface area (Å²) in [5, 5.41) is 0. The molecule has 0 aromatic heterocycles. The summed E-state index contributed by atoms with van der Waals surface area (Å²) in [6, 6.07) is 33.3. The lowest BCUT2D eigenvalue weighted by Gasteiger charge is -2.14. The Morgan fingerprint density at radius 3 is 1.35 bits per heavy atom. The van der Waals surface area contributed by atoms with Gasteiger partial charge in [0.2, 0.25) is 0 Å². The second-order valence-electron chi connectivity index (χ2n) is 9.35. The van der Waals surface area contributed by atoms with Crippen molar-refractivity contribution in [3.63, 3.8) is 0 Å². The Balaban J connectivity index is 1.30. The molecule has 0 aliphatic carbocycles. The van der Waals surface area contributed by atoms with Gasteiger partial charge in [0, 0.05) is 26.2 Å². The summed E-state index contributed by atoms with van der Waals surface area (Å²) in [6.07, 6.45) is 1.19. The smallest absolute Gasteiger partial charge is 0.373 e. The van der Waals surface area contributed by atoms with E-state index in [4.69, 9.17) is 29.0 Å². The zero-order chi connectivity index (χ0) is 30.1. The van der Waals surface area contributed by atoms with Gasteiger partial charge in [-0.2, -0.15) is 0 Å². The zero-order valence-electron chi connectivity index (χ0n) is 23.8. The van der Waals surface area contributed by atoms with Crippen LogP contribution in [0.4, 0.5) is 0 Å². The van der Waals surface area contributed by atoms with Gasteiger partial charge in [0.05, 0.1) is 17.7 Å². The van der Waals surface area contributed by atoms with Crippen LogP contribution in [-0.2, 0) is 29.0 Å². The molecule has 4 aromatic carbocycles. The lowest BCUT2D eigenvalue weighted by atomic mass is 10.0. The van der Waals surface area contributed by atoms with Crippen molar-refractivity contribution in [2.24, 2.45) is 0 Å². The molecule has 4 aromatic rings. The Bertz CT molecular complexity index is 1270. The van der Waals surface area contributed by atoms with Crippen molar-refractivity contribution in [2.45, 2.75) is 19.3 Å². The first-order chi connectivity index (χ1) is 21.1. The first-order valence-corrected chi connectivity index (χ1v) is 14.0. The third kappa shape index (κ3) is 10.5. The van der Waals surface area contributed by atoms with Gasteiger partial charge >= 0.3 is 18.2 Å². The van der Waals surface area contributed by atoms with Gasteiger partial charge < -0.3 is 9.47 Å². The molecule has 0 bridgehead atoms. The molecule has 0 aliphatic heterocycles. The molecule has 0 N–H and O–H groups in total. The van der Waals surface area contributed by atoms with Crippen LogP contribution in [-0.4, -0.2) is 38.4 Å². The average molecular weight is 583 g/mol. The van der Waals surface area contributed by atoms with Crippen molar-refractivity contribution >= 4 is 11.9 Å². The van der Waals surface area contributed by atoms with Crippen molar-refractivity contribution < 1.29 is 38.6 Å². The first kappa shape index (κ1) is 31.6. The molecular formula is C35H34O8. The van der Waals surface area contributed by atoms with Crippen LogP contribution in [0.5, 0.6) is 0 Å². The van der Waals surface area contributed by atoms with Crippen molar-refractivity contribution in [1.82, 2.24) is 0 Å². The molecule has 8 heteroatoms. The highest BCUT2D eigenvalue weighted by molar-refractivity contribution is 5.90. The maximum absolute atomic E-state index is 12.6. The van der Waals surface area contributed by atoms with Crippen LogP contribution < -0.4 is 0 Å². The van der Waals surface area contributed by atoms with Gasteiger partial charge in [-0.25, -0.2) is 9.59 Å². The second-order valence-corrected chi connectivity index (χ2v) is 9.35. The summed E-state index contributed by atoms with van der Waals surface area (Å²) in [6.45, 7) is 5.48. The Labute approximate surface area is 251 Å². The predicted octanol–water partition coefficient (Wildman–Crippen LogP) is 7.42. The van der Waals surface area contributed by atoms with E-state index >= 15 is 0 Å². The van der Waals surface area contributed by atoms with E-state index in [1.54, 1.807) is 24.3 Å². The van der Waals surface area contributed by atoms with E-state index in [2.05, 4.69) is 6.92 Å². The number of carbonyl (C=O) groups is 2. The normalized spacial score (nSPS) is 10.9. The highest BCUT2D eigenvalue weighted by Gasteiger charge is 2.22. The van der Waals surface area contributed by atoms with E-state index in [1.165, 1.54) is 0 Å². The zero-order valence-corrected chi connectivity index (χ0v) is 23.8. The number of benzene rings is 4. The third-order valence-corrected chi connectivity index (χ3v) is 6.19. The molecular weight excluding hydrogens is 548 g/mol. The number of hydrogen-bond donors (Lipinski definition) is 0. The number of rotatable bonds is 17. The Morgan fingerprint density at radius 2 is 0.907 bits per heavy atom. The SMILES string of the molecule is [CH2]CCOCCCOCC[C](OOC(=O)c1ccc(-c2ccccc2)cc1)OOC(=O)c1ccc(-c2ccccc2)cc1. The van der Waals surface area contributed by atoms with Crippen LogP contribution in [0, 0.1) is 13.2 Å². The van der Waals surface area contributed by atoms with Gasteiger partial charge in [-0.1, -0.05) is 91.9 Å². The Morgan fingerprint density at radius 1 is 0.488 bits per heavy atom. The molecule has 0 amide bonds. The van der Waals surface area contributed by atoms with Crippen molar-refractivity contribution in [3.05, 3.63) is 134 Å². The minimum atomic E-state index is -0.743. The molecule has 2 radical (unpaired) electrons. The molecule has 0 heterocycles. The predicted molar refractivity (Wildman–Crippen MR) is 161 cm³/mol. The van der Waals surface area contributed by atoms with Gasteiger partial charge in [-0.15, -0.1) is 9.78 Å². The van der Waals surface area contributed by atoms with Crippen LogP contribution >= 0.6 is 0 Å². The Kier molecular flexibility index (Phi) is 12.9. The fourth-order valence-electron chi connectivity index (χ4n) is 3.95. The van der Waals surface area contributed by atoms with Gasteiger partial charge in [-0.05, 0) is 59.4 Å². The van der Waals surface area contributed by atoms with Crippen LogP contribution in [0.2, 0.25) is 0 Å². The van der Waals surface area contributed by atoms with Crippen LogP contribution in [0.25, 0.3) is 22.3 Å². The lowest BCUT2D eigenvalue weighted by Crippen LogP contribution is -2.18. The van der Waals surface area contributed by atoms with Gasteiger partial charge in [0.25, 0.3) is 0 Å². The number of ether oxygens (including phenoxy) is 2. The van der Waals surface area contributed by atoms with E-state index in [0.717, 1.165) is 22.3 Å². The lowest BCUT2D eigenvalue weighted by molar-refractivity contribution is -0.364. The molecule has 0 atom stereocenters. The standard InChI is InChI=1S/C35H34O8/c1-2-23-38-24-9-25-39-26-22-33(40-42-34(36)31-18-14-29(15-19-31)27-10-5-3-6-11-27)41-43-35(37)32-20-16-30(17-21-32)28-12-7-4-8-13-28/h3-8,10-21H,1-2,9,22-26H2. The molecule has 0 saturated heterocycles. The summed E-state index contributed by atoms with van der Waals surface area (Å²) in [7, 11) is 0. The second kappa shape index (κ2) is 17.6. The molecule has 0 unspecified atom stereocenters. The summed E-state index contributed by atoms with van der Waals surface area (Å²) < 4.78 is 11.0. The molecule has 8 nitrogen and oxygen atoms in total. The maximum atomic E-state index is 12.6. The Hall–Kier alpha value is -4.34. The van der Waals surface area contributed by atoms with Crippen molar-refractivity contribution in [3.8, 4) is 22.3 Å². The molecule has 0 saturated carbocycles. The first-order valence-electron chi connectivity index (χ1n) is 14.0. The van der Waals surface area contributed by atoms with Crippen LogP contribution in [0.1, 0.15) is 40.0 Å². The number of carbonyl (C=O) groups excluding carboxylic acids is 2. The van der Waals surface area contributed by atoms with E-state index in [-0.39, 0.29) is 30.4 Å². The summed E-state index contributed by atoms with van der Waals surface area (Å²) in [5.41, 5.74) is 4.49. The number of hydrogen-bond acceptors (Lipinski definition) is 8. The van der Waals surface area contributed by atoms with Crippen LogP contribution in [0.15, 0.2) is 109 Å². The van der Waals surface area contributed by atoms with Crippen molar-refractivity contribution in [1.29, 1.82) is 0 Å².